The molecule has 0 N–H and O–H groups in total. The molecule has 1 aromatic carbocycles. The van der Waals surface area contributed by atoms with Gasteiger partial charge in [0.05, 0.1) is 11.9 Å². The lowest BCUT2D eigenvalue weighted by atomic mass is 9.93. The van der Waals surface area contributed by atoms with Crippen LogP contribution in [0.15, 0.2) is 30.6 Å². The predicted molar refractivity (Wildman–Crippen MR) is 75.4 cm³/mol. The summed E-state index contributed by atoms with van der Waals surface area (Å²) in [5.74, 6) is 0. The van der Waals surface area contributed by atoms with Crippen molar-refractivity contribution in [3.8, 4) is 0 Å². The molecule has 0 aliphatic heterocycles. The third-order valence-corrected chi connectivity index (χ3v) is 3.18. The summed E-state index contributed by atoms with van der Waals surface area (Å²) in [7, 11) is 7.33. The van der Waals surface area contributed by atoms with E-state index in [-0.39, 0.29) is 0 Å². The highest BCUT2D eigenvalue weighted by molar-refractivity contribution is 6.62. The number of carbonyl (C=O) groups excluding carboxylic acids is 1. The fourth-order valence-corrected chi connectivity index (χ4v) is 1.86. The van der Waals surface area contributed by atoms with E-state index in [2.05, 4.69) is 23.7 Å². The van der Waals surface area contributed by atoms with Crippen molar-refractivity contribution in [3.63, 3.8) is 0 Å². The number of nitrogens with zero attached hydrogens (tertiary/aromatic N) is 2. The van der Waals surface area contributed by atoms with Crippen molar-refractivity contribution in [2.45, 2.75) is 19.9 Å². The molecule has 3 nitrogen and oxygen atoms in total. The number of carbonyl (C=O) groups is 1. The molecule has 0 fully saturated rings. The number of pyridine rings is 1. The van der Waals surface area contributed by atoms with Crippen LogP contribution in [0.3, 0.4) is 0 Å². The second-order valence-electron chi connectivity index (χ2n) is 4.66. The third-order valence-electron chi connectivity index (χ3n) is 3.18. The minimum absolute atomic E-state index is 0.356. The zero-order valence-corrected chi connectivity index (χ0v) is 10.8. The van der Waals surface area contributed by atoms with Gasteiger partial charge in [0.25, 0.3) is 0 Å². The molecule has 0 saturated heterocycles. The second-order valence-corrected chi connectivity index (χ2v) is 4.66. The number of hydrogen-bond acceptors (Lipinski definition) is 3. The molecule has 0 unspecified atom stereocenters. The summed E-state index contributed by atoms with van der Waals surface area (Å²) in [4.78, 5) is 17.6. The Morgan fingerprint density at radius 2 is 2.06 bits per heavy atom. The van der Waals surface area contributed by atoms with E-state index in [1.54, 1.807) is 12.3 Å². The zero-order valence-electron chi connectivity index (χ0n) is 10.8. The largest absolute Gasteiger partial charge is 0.370 e. The van der Waals surface area contributed by atoms with Gasteiger partial charge in [0.1, 0.15) is 5.68 Å². The van der Waals surface area contributed by atoms with E-state index in [0.717, 1.165) is 16.5 Å². The smallest absolute Gasteiger partial charge is 0.175 e. The minimum Gasteiger partial charge on any atom is -0.370 e. The van der Waals surface area contributed by atoms with Crippen LogP contribution < -0.4 is 4.90 Å². The minimum atomic E-state index is -0.410. The summed E-state index contributed by atoms with van der Waals surface area (Å²) in [6.07, 6.45) is 3.60. The van der Waals surface area contributed by atoms with Gasteiger partial charge in [-0.3, -0.25) is 4.98 Å². The van der Waals surface area contributed by atoms with Gasteiger partial charge in [-0.2, -0.15) is 0 Å². The molecular weight excluding hydrogens is 223 g/mol. The van der Waals surface area contributed by atoms with Crippen LogP contribution >= 0.6 is 0 Å². The van der Waals surface area contributed by atoms with Crippen LogP contribution in [0.4, 0.5) is 5.69 Å². The molecule has 1 heterocycles. The molecule has 0 atom stereocenters. The van der Waals surface area contributed by atoms with Gasteiger partial charge in [-0.1, -0.05) is 12.1 Å². The van der Waals surface area contributed by atoms with E-state index < -0.39 is 5.68 Å². The van der Waals surface area contributed by atoms with Gasteiger partial charge in [-0.25, -0.2) is 0 Å². The van der Waals surface area contributed by atoms with E-state index >= 15 is 0 Å². The fraction of sp³-hybridized carbons (Fsp3) is 0.286. The Kier molecular flexibility index (Phi) is 3.37. The van der Waals surface area contributed by atoms with Crippen molar-refractivity contribution in [1.29, 1.82) is 0 Å². The van der Waals surface area contributed by atoms with Gasteiger partial charge in [-0.05, 0) is 19.9 Å². The standard InChI is InChI=1S/C14H15BN2O/c1-9(2)17(3)13-8-16-7-11-5-4-10(14(15)18)6-12(11)13/h4-9H,1-3H3. The van der Waals surface area contributed by atoms with Gasteiger partial charge in [-0.15, -0.1) is 0 Å². The van der Waals surface area contributed by atoms with E-state index in [9.17, 15) is 4.79 Å². The van der Waals surface area contributed by atoms with Crippen LogP contribution in [0, 0.1) is 0 Å². The summed E-state index contributed by atoms with van der Waals surface area (Å²) >= 11 is 0. The normalized spacial score (nSPS) is 10.9. The Balaban J connectivity index is 2.66. The maximum atomic E-state index is 11.3. The molecule has 0 amide bonds. The van der Waals surface area contributed by atoms with Crippen LogP contribution in [0.25, 0.3) is 10.8 Å². The number of rotatable bonds is 3. The highest BCUT2D eigenvalue weighted by atomic mass is 16.1. The summed E-state index contributed by atoms with van der Waals surface area (Å²) in [6, 6.07) is 5.79. The Morgan fingerprint density at radius 3 is 2.67 bits per heavy atom. The van der Waals surface area contributed by atoms with E-state index in [0.29, 0.717) is 11.6 Å². The topological polar surface area (TPSA) is 33.2 Å². The van der Waals surface area contributed by atoms with Crippen molar-refractivity contribution < 1.29 is 4.79 Å². The molecule has 2 aromatic rings. The van der Waals surface area contributed by atoms with Crippen molar-refractivity contribution in [3.05, 3.63) is 36.2 Å². The number of fused-ring (bicyclic) bond motifs is 1. The first-order valence-electron chi connectivity index (χ1n) is 5.91. The molecule has 0 bridgehead atoms. The first-order chi connectivity index (χ1) is 8.50. The average Bonchev–Trinajstić information content (AvgIpc) is 2.36. The van der Waals surface area contributed by atoms with Crippen LogP contribution in [0.2, 0.25) is 0 Å². The van der Waals surface area contributed by atoms with Crippen LogP contribution in [0.1, 0.15) is 24.2 Å². The maximum Gasteiger partial charge on any atom is 0.175 e. The lowest BCUT2D eigenvalue weighted by Crippen LogP contribution is -2.25. The molecule has 1 aromatic heterocycles. The highest BCUT2D eigenvalue weighted by Crippen LogP contribution is 2.27. The first kappa shape index (κ1) is 12.6. The molecule has 2 radical (unpaired) electrons. The Bertz CT molecular complexity index is 595. The summed E-state index contributed by atoms with van der Waals surface area (Å²) in [6.45, 7) is 4.22. The van der Waals surface area contributed by atoms with Gasteiger partial charge in [0.15, 0.2) is 7.85 Å². The van der Waals surface area contributed by atoms with Crippen molar-refractivity contribution in [1.82, 2.24) is 4.98 Å². The maximum absolute atomic E-state index is 11.3. The quantitative estimate of drug-likeness (QED) is 0.769. The molecule has 0 spiro atoms. The van der Waals surface area contributed by atoms with Crippen LogP contribution in [0.5, 0.6) is 0 Å². The lowest BCUT2D eigenvalue weighted by molar-refractivity contribution is 0.108. The highest BCUT2D eigenvalue weighted by Gasteiger charge is 2.10. The first-order valence-corrected chi connectivity index (χ1v) is 5.91. The van der Waals surface area contributed by atoms with Crippen LogP contribution in [-0.4, -0.2) is 31.6 Å². The number of anilines is 1. The Hall–Kier alpha value is -1.84. The number of hydrogen-bond donors (Lipinski definition) is 0. The molecule has 0 aliphatic rings. The van der Waals surface area contributed by atoms with Gasteiger partial charge in [0.2, 0.25) is 0 Å². The second kappa shape index (κ2) is 4.80. The Morgan fingerprint density at radius 1 is 1.33 bits per heavy atom. The van der Waals surface area contributed by atoms with Gasteiger partial charge in [0, 0.05) is 35.6 Å². The Labute approximate surface area is 108 Å². The molecule has 90 valence electrons. The zero-order chi connectivity index (χ0) is 13.3. The summed E-state index contributed by atoms with van der Waals surface area (Å²) in [5, 5.41) is 2.00. The van der Waals surface area contributed by atoms with E-state index in [1.165, 1.54) is 0 Å². The molecule has 4 heteroatoms. The van der Waals surface area contributed by atoms with Crippen molar-refractivity contribution in [2.24, 2.45) is 0 Å². The SMILES string of the molecule is [B]C(=O)c1ccc2cncc(N(C)C(C)C)c2c1. The summed E-state index contributed by atoms with van der Waals surface area (Å²) < 4.78 is 0. The predicted octanol–water partition coefficient (Wildman–Crippen LogP) is 2.39. The van der Waals surface area contributed by atoms with E-state index in [4.69, 9.17) is 7.85 Å². The van der Waals surface area contributed by atoms with Crippen molar-refractivity contribution >= 4 is 30.0 Å². The van der Waals surface area contributed by atoms with Gasteiger partial charge >= 0.3 is 0 Å². The molecule has 0 saturated carbocycles. The van der Waals surface area contributed by atoms with Gasteiger partial charge < -0.3 is 9.69 Å². The molecule has 0 aliphatic carbocycles. The fourth-order valence-electron chi connectivity index (χ4n) is 1.86. The molecule has 2 rings (SSSR count). The lowest BCUT2D eigenvalue weighted by Gasteiger charge is -2.25. The van der Waals surface area contributed by atoms with Crippen molar-refractivity contribution in [2.75, 3.05) is 11.9 Å². The third kappa shape index (κ3) is 2.23. The number of aromatic nitrogens is 1. The number of benzene rings is 1. The monoisotopic (exact) mass is 238 g/mol. The molecule has 18 heavy (non-hydrogen) atoms. The van der Waals surface area contributed by atoms with Crippen LogP contribution in [-0.2, 0) is 0 Å². The summed E-state index contributed by atoms with van der Waals surface area (Å²) in [5.41, 5.74) is 1.12. The van der Waals surface area contributed by atoms with E-state index in [1.807, 2.05) is 25.4 Å². The average molecular weight is 238 g/mol. The molecular formula is C14H15BN2O.